The Labute approximate surface area is 144 Å². The summed E-state index contributed by atoms with van der Waals surface area (Å²) in [6.45, 7) is 2.99. The van der Waals surface area contributed by atoms with E-state index >= 15 is 0 Å². The molecule has 3 aromatic rings. The molecule has 0 aliphatic heterocycles. The summed E-state index contributed by atoms with van der Waals surface area (Å²) in [7, 11) is 0. The molecule has 0 aliphatic carbocycles. The summed E-state index contributed by atoms with van der Waals surface area (Å²) in [6.07, 6.45) is -0.769. The Morgan fingerprint density at radius 1 is 1.04 bits per heavy atom. The number of fused-ring (bicyclic) bond motifs is 1. The van der Waals surface area contributed by atoms with Gasteiger partial charge in [-0.15, -0.1) is 0 Å². The van der Waals surface area contributed by atoms with Crippen LogP contribution in [0.2, 0.25) is 10.0 Å². The minimum Gasteiger partial charge on any atom is -0.387 e. The van der Waals surface area contributed by atoms with Gasteiger partial charge < -0.3 is 14.2 Å². The average molecular weight is 350 g/mol. The van der Waals surface area contributed by atoms with Crippen LogP contribution in [0.4, 0.5) is 0 Å². The zero-order chi connectivity index (χ0) is 16.6. The van der Waals surface area contributed by atoms with Gasteiger partial charge in [-0.25, -0.2) is 0 Å². The van der Waals surface area contributed by atoms with Gasteiger partial charge in [-0.1, -0.05) is 41.4 Å². The highest BCUT2D eigenvalue weighted by Crippen LogP contribution is 2.26. The summed E-state index contributed by atoms with van der Waals surface area (Å²) in [6, 6.07) is 12.9. The van der Waals surface area contributed by atoms with Crippen molar-refractivity contribution in [1.29, 1.82) is 5.41 Å². The van der Waals surface area contributed by atoms with Crippen LogP contribution in [-0.2, 0) is 13.1 Å². The van der Waals surface area contributed by atoms with E-state index in [4.69, 9.17) is 28.6 Å². The van der Waals surface area contributed by atoms with Gasteiger partial charge in [0, 0.05) is 6.54 Å². The van der Waals surface area contributed by atoms with Crippen molar-refractivity contribution in [2.75, 3.05) is 0 Å². The highest BCUT2D eigenvalue weighted by molar-refractivity contribution is 6.42. The molecule has 0 saturated heterocycles. The van der Waals surface area contributed by atoms with Gasteiger partial charge >= 0.3 is 0 Å². The van der Waals surface area contributed by atoms with Crippen molar-refractivity contribution < 1.29 is 5.11 Å². The smallest absolute Gasteiger partial charge is 0.203 e. The number of imidazole rings is 1. The maximum atomic E-state index is 10.5. The van der Waals surface area contributed by atoms with Crippen molar-refractivity contribution in [3.8, 4) is 0 Å². The minimum atomic E-state index is -0.769. The summed E-state index contributed by atoms with van der Waals surface area (Å²) in [5, 5.41) is 19.8. The summed E-state index contributed by atoms with van der Waals surface area (Å²) in [5.41, 5.74) is 2.97. The lowest BCUT2D eigenvalue weighted by atomic mass is 10.1. The molecule has 0 bridgehead atoms. The molecule has 0 spiro atoms. The van der Waals surface area contributed by atoms with E-state index in [1.165, 1.54) is 0 Å². The molecular formula is C17H17Cl2N3O. The van der Waals surface area contributed by atoms with Crippen molar-refractivity contribution >= 4 is 34.2 Å². The number of benzene rings is 2. The van der Waals surface area contributed by atoms with Gasteiger partial charge in [0.25, 0.3) is 0 Å². The maximum Gasteiger partial charge on any atom is 0.203 e. The van der Waals surface area contributed by atoms with Crippen LogP contribution in [-0.4, -0.2) is 14.2 Å². The third-order valence-electron chi connectivity index (χ3n) is 3.97. The van der Waals surface area contributed by atoms with Crippen molar-refractivity contribution in [3.63, 3.8) is 0 Å². The fourth-order valence-electron chi connectivity index (χ4n) is 2.80. The number of nitrogens with one attached hydrogen (secondary N) is 1. The second-order valence-electron chi connectivity index (χ2n) is 5.36. The molecule has 0 unspecified atom stereocenters. The molecule has 0 radical (unpaired) electrons. The number of aryl methyl sites for hydroxylation is 1. The van der Waals surface area contributed by atoms with Crippen LogP contribution in [0, 0.1) is 5.41 Å². The highest BCUT2D eigenvalue weighted by atomic mass is 35.5. The van der Waals surface area contributed by atoms with Gasteiger partial charge in [-0.3, -0.25) is 5.41 Å². The molecule has 1 heterocycles. The molecule has 4 nitrogen and oxygen atoms in total. The van der Waals surface area contributed by atoms with E-state index in [0.29, 0.717) is 27.8 Å². The number of aliphatic hydroxyl groups is 1. The summed E-state index contributed by atoms with van der Waals surface area (Å²) < 4.78 is 3.73. The number of hydrogen-bond donors (Lipinski definition) is 2. The number of aliphatic hydroxyl groups excluding tert-OH is 1. The number of halogens is 2. The van der Waals surface area contributed by atoms with E-state index in [2.05, 4.69) is 0 Å². The Bertz CT molecular complexity index is 914. The molecule has 6 heteroatoms. The van der Waals surface area contributed by atoms with Crippen LogP contribution in [0.1, 0.15) is 18.6 Å². The van der Waals surface area contributed by atoms with E-state index < -0.39 is 6.10 Å². The fourth-order valence-corrected chi connectivity index (χ4v) is 3.10. The number of rotatable bonds is 4. The second kappa shape index (κ2) is 6.40. The van der Waals surface area contributed by atoms with Crippen molar-refractivity contribution in [2.24, 2.45) is 0 Å². The molecular weight excluding hydrogens is 333 g/mol. The number of para-hydroxylation sites is 2. The summed E-state index contributed by atoms with van der Waals surface area (Å²) >= 11 is 11.9. The molecule has 1 atom stereocenters. The van der Waals surface area contributed by atoms with Crippen LogP contribution >= 0.6 is 23.2 Å². The molecule has 0 fully saturated rings. The standard InChI is InChI=1S/C17H17Cl2N3O/c1-2-21-14-5-3-4-6-15(14)22(17(21)20)10-16(23)11-7-8-12(18)13(19)9-11/h3-9,16,20,23H,2,10H2,1H3/t16-/m1/s1. The first kappa shape index (κ1) is 16.1. The van der Waals surface area contributed by atoms with Gasteiger partial charge in [0.15, 0.2) is 0 Å². The Hall–Kier alpha value is -1.75. The zero-order valence-electron chi connectivity index (χ0n) is 12.6. The highest BCUT2D eigenvalue weighted by Gasteiger charge is 2.15. The van der Waals surface area contributed by atoms with Crippen LogP contribution < -0.4 is 5.62 Å². The largest absolute Gasteiger partial charge is 0.387 e. The van der Waals surface area contributed by atoms with Gasteiger partial charge in [-0.05, 0) is 36.8 Å². The molecule has 1 aromatic heterocycles. The number of nitrogens with zero attached hydrogens (tertiary/aromatic N) is 2. The Morgan fingerprint density at radius 2 is 1.70 bits per heavy atom. The summed E-state index contributed by atoms with van der Waals surface area (Å²) in [5.74, 6) is 0. The predicted octanol–water partition coefficient (Wildman–Crippen LogP) is 3.98. The lowest BCUT2D eigenvalue weighted by Crippen LogP contribution is -2.26. The Kier molecular flexibility index (Phi) is 4.48. The van der Waals surface area contributed by atoms with Gasteiger partial charge in [0.1, 0.15) is 0 Å². The average Bonchev–Trinajstić information content (AvgIpc) is 2.82. The monoisotopic (exact) mass is 349 g/mol. The first-order valence-electron chi connectivity index (χ1n) is 7.38. The Morgan fingerprint density at radius 3 is 2.30 bits per heavy atom. The molecule has 3 rings (SSSR count). The van der Waals surface area contributed by atoms with Gasteiger partial charge in [0.2, 0.25) is 5.62 Å². The second-order valence-corrected chi connectivity index (χ2v) is 6.17. The third kappa shape index (κ3) is 2.90. The zero-order valence-corrected chi connectivity index (χ0v) is 14.1. The molecule has 23 heavy (non-hydrogen) atoms. The van der Waals surface area contributed by atoms with E-state index in [9.17, 15) is 5.11 Å². The minimum absolute atomic E-state index is 0.282. The molecule has 0 amide bonds. The normalized spacial score (nSPS) is 12.7. The van der Waals surface area contributed by atoms with E-state index in [1.807, 2.05) is 40.3 Å². The molecule has 120 valence electrons. The van der Waals surface area contributed by atoms with E-state index in [1.54, 1.807) is 18.2 Å². The molecule has 2 aromatic carbocycles. The lowest BCUT2D eigenvalue weighted by Gasteiger charge is -2.13. The van der Waals surface area contributed by atoms with Crippen molar-refractivity contribution in [2.45, 2.75) is 26.1 Å². The number of hydrogen-bond acceptors (Lipinski definition) is 2. The van der Waals surface area contributed by atoms with E-state index in [-0.39, 0.29) is 6.54 Å². The van der Waals surface area contributed by atoms with E-state index in [0.717, 1.165) is 11.0 Å². The number of aromatic nitrogens is 2. The van der Waals surface area contributed by atoms with Crippen LogP contribution in [0.15, 0.2) is 42.5 Å². The predicted molar refractivity (Wildman–Crippen MR) is 92.9 cm³/mol. The quantitative estimate of drug-likeness (QED) is 0.735. The van der Waals surface area contributed by atoms with Crippen LogP contribution in [0.25, 0.3) is 11.0 Å². The fraction of sp³-hybridized carbons (Fsp3) is 0.235. The molecule has 0 aliphatic rings. The first-order valence-corrected chi connectivity index (χ1v) is 8.14. The lowest BCUT2D eigenvalue weighted by molar-refractivity contribution is 0.155. The first-order chi connectivity index (χ1) is 11.0. The summed E-state index contributed by atoms with van der Waals surface area (Å²) in [4.78, 5) is 0. The molecule has 2 N–H and O–H groups in total. The van der Waals surface area contributed by atoms with Crippen molar-refractivity contribution in [3.05, 3.63) is 63.7 Å². The van der Waals surface area contributed by atoms with Gasteiger partial charge in [-0.2, -0.15) is 0 Å². The third-order valence-corrected chi connectivity index (χ3v) is 4.71. The Balaban J connectivity index is 2.02. The SMILES string of the molecule is CCn1c(=N)n(C[C@@H](O)c2ccc(Cl)c(Cl)c2)c2ccccc21. The van der Waals surface area contributed by atoms with Crippen LogP contribution in [0.3, 0.4) is 0 Å². The van der Waals surface area contributed by atoms with Crippen molar-refractivity contribution in [1.82, 2.24) is 9.13 Å². The van der Waals surface area contributed by atoms with Crippen LogP contribution in [0.5, 0.6) is 0 Å². The molecule has 0 saturated carbocycles. The maximum absolute atomic E-state index is 10.5. The topological polar surface area (TPSA) is 53.9 Å². The van der Waals surface area contributed by atoms with Gasteiger partial charge in [0.05, 0.1) is 33.7 Å².